The van der Waals surface area contributed by atoms with Crippen molar-refractivity contribution in [2.75, 3.05) is 26.0 Å². The molecule has 0 bridgehead atoms. The highest BCUT2D eigenvalue weighted by atomic mass is 31.2. The van der Waals surface area contributed by atoms with Crippen LogP contribution >= 0.6 is 7.14 Å². The van der Waals surface area contributed by atoms with Crippen molar-refractivity contribution < 1.29 is 13.8 Å². The van der Waals surface area contributed by atoms with Crippen molar-refractivity contribution in [1.29, 1.82) is 0 Å². The van der Waals surface area contributed by atoms with Crippen molar-refractivity contribution in [3.8, 4) is 0 Å². The van der Waals surface area contributed by atoms with E-state index in [1.807, 2.05) is 0 Å². The van der Waals surface area contributed by atoms with Gasteiger partial charge in [0.1, 0.15) is 5.82 Å². The predicted octanol–water partition coefficient (Wildman–Crippen LogP) is 2.50. The van der Waals surface area contributed by atoms with Crippen LogP contribution in [0, 0.1) is 5.82 Å². The number of carbonyl (C=O) groups excluding carboxylic acids is 1. The van der Waals surface area contributed by atoms with Crippen LogP contribution in [0.15, 0.2) is 24.3 Å². The maximum absolute atomic E-state index is 12.7. The summed E-state index contributed by atoms with van der Waals surface area (Å²) in [4.78, 5) is 11.4. The first-order valence-electron chi connectivity index (χ1n) is 5.92. The van der Waals surface area contributed by atoms with E-state index >= 15 is 0 Å². The second kappa shape index (κ2) is 6.69. The largest absolute Gasteiger partial charge is 0.356 e. The van der Waals surface area contributed by atoms with E-state index in [-0.39, 0.29) is 11.7 Å². The zero-order valence-electron chi connectivity index (χ0n) is 10.8. The third kappa shape index (κ3) is 6.55. The molecule has 0 saturated carbocycles. The Morgan fingerprint density at radius 2 is 1.89 bits per heavy atom. The predicted molar refractivity (Wildman–Crippen MR) is 72.1 cm³/mol. The standard InChI is InChI=1S/C13H19FNO2P/c1-18(2,17)10-8-13(16)15-9-7-11-3-5-12(14)6-4-11/h3-6H,7-10H2,1-2H3,(H,15,16). The molecule has 1 aromatic carbocycles. The molecule has 0 aliphatic rings. The summed E-state index contributed by atoms with van der Waals surface area (Å²) in [5, 5.41) is 2.76. The Balaban J connectivity index is 2.23. The van der Waals surface area contributed by atoms with Gasteiger partial charge in [-0.05, 0) is 37.4 Å². The van der Waals surface area contributed by atoms with Gasteiger partial charge in [0.25, 0.3) is 0 Å². The molecular weight excluding hydrogens is 252 g/mol. The van der Waals surface area contributed by atoms with Crippen LogP contribution in [0.5, 0.6) is 0 Å². The highest BCUT2D eigenvalue weighted by Gasteiger charge is 2.10. The molecule has 0 atom stereocenters. The highest BCUT2D eigenvalue weighted by molar-refractivity contribution is 7.62. The third-order valence-electron chi connectivity index (χ3n) is 2.53. The highest BCUT2D eigenvalue weighted by Crippen LogP contribution is 2.36. The van der Waals surface area contributed by atoms with Crippen LogP contribution in [0.4, 0.5) is 4.39 Å². The quantitative estimate of drug-likeness (QED) is 0.808. The normalized spacial score (nSPS) is 11.3. The second-order valence-electron chi connectivity index (χ2n) is 4.77. The lowest BCUT2D eigenvalue weighted by atomic mass is 10.1. The molecule has 1 N–H and O–H groups in total. The van der Waals surface area contributed by atoms with Crippen molar-refractivity contribution in [2.24, 2.45) is 0 Å². The van der Waals surface area contributed by atoms with Crippen molar-refractivity contribution in [2.45, 2.75) is 12.8 Å². The topological polar surface area (TPSA) is 46.2 Å². The number of carbonyl (C=O) groups is 1. The van der Waals surface area contributed by atoms with Crippen molar-refractivity contribution >= 4 is 13.0 Å². The summed E-state index contributed by atoms with van der Waals surface area (Å²) in [5.74, 6) is -0.342. The number of hydrogen-bond donors (Lipinski definition) is 1. The van der Waals surface area contributed by atoms with E-state index in [2.05, 4.69) is 5.32 Å². The van der Waals surface area contributed by atoms with Gasteiger partial charge in [-0.2, -0.15) is 0 Å². The Morgan fingerprint density at radius 1 is 1.28 bits per heavy atom. The number of amides is 1. The van der Waals surface area contributed by atoms with Crippen LogP contribution in [-0.2, 0) is 15.8 Å². The Labute approximate surface area is 107 Å². The molecule has 0 saturated heterocycles. The summed E-state index contributed by atoms with van der Waals surface area (Å²) >= 11 is 0. The molecule has 3 nitrogen and oxygen atoms in total. The van der Waals surface area contributed by atoms with Crippen molar-refractivity contribution in [3.05, 3.63) is 35.6 Å². The molecule has 0 heterocycles. The lowest BCUT2D eigenvalue weighted by molar-refractivity contribution is -0.120. The smallest absolute Gasteiger partial charge is 0.220 e. The van der Waals surface area contributed by atoms with Gasteiger partial charge in [0, 0.05) is 19.1 Å². The second-order valence-corrected chi connectivity index (χ2v) is 8.37. The van der Waals surface area contributed by atoms with E-state index in [1.54, 1.807) is 25.5 Å². The molecular formula is C13H19FNO2P. The van der Waals surface area contributed by atoms with Gasteiger partial charge >= 0.3 is 0 Å². The average Bonchev–Trinajstić information content (AvgIpc) is 2.28. The first-order valence-corrected chi connectivity index (χ1v) is 8.70. The monoisotopic (exact) mass is 271 g/mol. The number of benzene rings is 1. The molecule has 100 valence electrons. The molecule has 0 aliphatic carbocycles. The Kier molecular flexibility index (Phi) is 5.54. The zero-order chi connectivity index (χ0) is 13.6. The van der Waals surface area contributed by atoms with Gasteiger partial charge in [-0.1, -0.05) is 12.1 Å². The van der Waals surface area contributed by atoms with Gasteiger partial charge in [-0.25, -0.2) is 4.39 Å². The molecule has 0 unspecified atom stereocenters. The van der Waals surface area contributed by atoms with E-state index in [1.165, 1.54) is 12.1 Å². The van der Waals surface area contributed by atoms with Gasteiger partial charge < -0.3 is 9.88 Å². The Morgan fingerprint density at radius 3 is 2.44 bits per heavy atom. The minimum absolute atomic E-state index is 0.0824. The van der Waals surface area contributed by atoms with E-state index in [9.17, 15) is 13.8 Å². The van der Waals surface area contributed by atoms with Crippen LogP contribution in [0.3, 0.4) is 0 Å². The Hall–Kier alpha value is -1.15. The van der Waals surface area contributed by atoms with Crippen LogP contribution < -0.4 is 5.32 Å². The van der Waals surface area contributed by atoms with Gasteiger partial charge in [-0.3, -0.25) is 4.79 Å². The summed E-state index contributed by atoms with van der Waals surface area (Å²) in [7, 11) is -2.12. The van der Waals surface area contributed by atoms with Gasteiger partial charge in [0.2, 0.25) is 5.91 Å². The molecule has 1 rings (SSSR count). The van der Waals surface area contributed by atoms with Gasteiger partial charge in [0.05, 0.1) is 7.14 Å². The number of nitrogens with one attached hydrogen (secondary N) is 1. The molecule has 18 heavy (non-hydrogen) atoms. The number of halogens is 1. The van der Waals surface area contributed by atoms with Gasteiger partial charge in [0.15, 0.2) is 0 Å². The molecule has 0 aliphatic heterocycles. The first kappa shape index (κ1) is 14.9. The van der Waals surface area contributed by atoms with Crippen LogP contribution in [0.1, 0.15) is 12.0 Å². The first-order chi connectivity index (χ1) is 8.37. The summed E-state index contributed by atoms with van der Waals surface area (Å²) in [6.45, 7) is 3.87. The minimum Gasteiger partial charge on any atom is -0.356 e. The molecule has 0 aromatic heterocycles. The lowest BCUT2D eigenvalue weighted by Gasteiger charge is -2.07. The fourth-order valence-electron chi connectivity index (χ4n) is 1.46. The number of hydrogen-bond acceptors (Lipinski definition) is 2. The van der Waals surface area contributed by atoms with Crippen molar-refractivity contribution in [3.63, 3.8) is 0 Å². The fourth-order valence-corrected chi connectivity index (χ4v) is 2.20. The zero-order valence-corrected chi connectivity index (χ0v) is 11.7. The Bertz CT molecular complexity index is 439. The third-order valence-corrected chi connectivity index (χ3v) is 3.83. The van der Waals surface area contributed by atoms with Crippen LogP contribution in [-0.4, -0.2) is 31.9 Å². The van der Waals surface area contributed by atoms with Crippen LogP contribution in [0.25, 0.3) is 0 Å². The number of rotatable bonds is 6. The molecule has 1 amide bonds. The SMILES string of the molecule is CP(C)(=O)CCC(=O)NCCc1ccc(F)cc1. The molecule has 0 radical (unpaired) electrons. The van der Waals surface area contributed by atoms with Crippen LogP contribution in [0.2, 0.25) is 0 Å². The summed E-state index contributed by atoms with van der Waals surface area (Å²) < 4.78 is 24.1. The van der Waals surface area contributed by atoms with E-state index < -0.39 is 7.14 Å². The average molecular weight is 271 g/mol. The van der Waals surface area contributed by atoms with E-state index in [4.69, 9.17) is 0 Å². The lowest BCUT2D eigenvalue weighted by Crippen LogP contribution is -2.26. The molecule has 5 heteroatoms. The van der Waals surface area contributed by atoms with Crippen molar-refractivity contribution in [1.82, 2.24) is 5.32 Å². The fraction of sp³-hybridized carbons (Fsp3) is 0.462. The summed E-state index contributed by atoms with van der Waals surface area (Å²) in [6.07, 6.45) is 1.41. The maximum atomic E-state index is 12.7. The molecule has 1 aromatic rings. The van der Waals surface area contributed by atoms with E-state index in [0.29, 0.717) is 25.5 Å². The maximum Gasteiger partial charge on any atom is 0.220 e. The summed E-state index contributed by atoms with van der Waals surface area (Å²) in [6, 6.07) is 6.21. The summed E-state index contributed by atoms with van der Waals surface area (Å²) in [5.41, 5.74) is 0.980. The van der Waals surface area contributed by atoms with Gasteiger partial charge in [-0.15, -0.1) is 0 Å². The molecule has 0 spiro atoms. The minimum atomic E-state index is -2.12. The van der Waals surface area contributed by atoms with E-state index in [0.717, 1.165) is 5.56 Å². The molecule has 0 fully saturated rings.